The first-order valence-corrected chi connectivity index (χ1v) is 9.90. The van der Waals surface area contributed by atoms with Gasteiger partial charge in [0.2, 0.25) is 0 Å². The highest BCUT2D eigenvalue weighted by atomic mass is 35.5. The Labute approximate surface area is 171 Å². The number of benzene rings is 1. The van der Waals surface area contributed by atoms with E-state index >= 15 is 0 Å². The van der Waals surface area contributed by atoms with E-state index in [1.807, 2.05) is 32.0 Å². The lowest BCUT2D eigenvalue weighted by molar-refractivity contribution is -0.184. The van der Waals surface area contributed by atoms with Crippen molar-refractivity contribution in [1.29, 1.82) is 0 Å². The van der Waals surface area contributed by atoms with Crippen LogP contribution in [0.15, 0.2) is 30.5 Å². The zero-order valence-electron chi connectivity index (χ0n) is 17.2. The molecule has 1 aliphatic rings. The highest BCUT2D eigenvalue weighted by Gasteiger charge is 2.53. The van der Waals surface area contributed by atoms with Crippen LogP contribution in [-0.2, 0) is 20.7 Å². The molecule has 0 atom stereocenters. The number of aromatic nitrogens is 1. The molecule has 1 aromatic carbocycles. The van der Waals surface area contributed by atoms with E-state index in [2.05, 4.69) is 4.98 Å². The molecule has 5 heteroatoms. The number of hydrogen-bond acceptors (Lipinski definition) is 4. The molecule has 2 heterocycles. The van der Waals surface area contributed by atoms with Gasteiger partial charge in [-0.3, -0.25) is 9.59 Å². The summed E-state index contributed by atoms with van der Waals surface area (Å²) < 4.78 is 5.83. The maximum atomic E-state index is 13.2. The molecule has 0 unspecified atom stereocenters. The van der Waals surface area contributed by atoms with Crippen LogP contribution in [0.5, 0.6) is 0 Å². The predicted octanol–water partition coefficient (Wildman–Crippen LogP) is 5.08. The van der Waals surface area contributed by atoms with Crippen LogP contribution in [-0.4, -0.2) is 27.8 Å². The summed E-state index contributed by atoms with van der Waals surface area (Å²) in [4.78, 5) is 30.6. The monoisotopic (exact) mass is 399 g/mol. The van der Waals surface area contributed by atoms with Gasteiger partial charge in [-0.05, 0) is 75.4 Å². The molecule has 0 aliphatic carbocycles. The van der Waals surface area contributed by atoms with E-state index in [1.165, 1.54) is 0 Å². The summed E-state index contributed by atoms with van der Waals surface area (Å²) in [5.41, 5.74) is 2.52. The minimum absolute atomic E-state index is 0.199. The maximum Gasteiger partial charge on any atom is 0.179 e. The van der Waals surface area contributed by atoms with Crippen molar-refractivity contribution < 1.29 is 14.3 Å². The van der Waals surface area contributed by atoms with E-state index in [9.17, 15) is 9.59 Å². The normalized spacial score (nSPS) is 19.1. The van der Waals surface area contributed by atoms with Crippen molar-refractivity contribution in [2.75, 3.05) is 0 Å². The van der Waals surface area contributed by atoms with Gasteiger partial charge in [0.05, 0.1) is 0 Å². The number of ether oxygens (including phenoxy) is 1. The second kappa shape index (κ2) is 7.09. The zero-order valence-corrected chi connectivity index (χ0v) is 18.0. The first kappa shape index (κ1) is 20.7. The lowest BCUT2D eigenvalue weighted by atomic mass is 9.73. The van der Waals surface area contributed by atoms with Gasteiger partial charge in [-0.1, -0.05) is 30.7 Å². The van der Waals surface area contributed by atoms with Gasteiger partial charge in [-0.2, -0.15) is 0 Å². The molecule has 1 fully saturated rings. The van der Waals surface area contributed by atoms with Crippen LogP contribution < -0.4 is 0 Å². The molecule has 0 N–H and O–H groups in total. The third-order valence-corrected chi connectivity index (χ3v) is 5.65. The van der Waals surface area contributed by atoms with E-state index in [4.69, 9.17) is 16.3 Å². The quantitative estimate of drug-likeness (QED) is 0.533. The topological polar surface area (TPSA) is 56.3 Å². The Morgan fingerprint density at radius 2 is 1.68 bits per heavy atom. The Balaban J connectivity index is 2.19. The molecule has 1 aromatic heterocycles. The van der Waals surface area contributed by atoms with Crippen molar-refractivity contribution in [2.45, 2.75) is 65.1 Å². The molecule has 148 valence electrons. The Hall–Kier alpha value is -2.04. The molecular formula is C23H26ClNO3. The molecule has 0 radical (unpaired) electrons. The number of pyridine rings is 1. The summed E-state index contributed by atoms with van der Waals surface area (Å²) >= 11 is 5.99. The number of nitrogens with zero attached hydrogens (tertiary/aromatic N) is 1. The van der Waals surface area contributed by atoms with Crippen LogP contribution >= 0.6 is 11.6 Å². The third kappa shape index (κ3) is 3.51. The van der Waals surface area contributed by atoms with Crippen molar-refractivity contribution >= 4 is 23.2 Å². The standard InChI is InChI=1S/C23H26ClNO3/c1-7-14-8-9-15(17-12-25-18(24)10-13(17)2)11-16(14)19-20(26)22(3,4)28-23(5,6)21(19)27/h8-12,19H,7H2,1-6H3. The van der Waals surface area contributed by atoms with Gasteiger partial charge in [0.15, 0.2) is 11.6 Å². The third-order valence-electron chi connectivity index (χ3n) is 5.45. The van der Waals surface area contributed by atoms with E-state index in [0.29, 0.717) is 5.15 Å². The van der Waals surface area contributed by atoms with Crippen LogP contribution in [0, 0.1) is 6.92 Å². The van der Waals surface area contributed by atoms with Crippen molar-refractivity contribution in [1.82, 2.24) is 4.98 Å². The molecule has 4 nitrogen and oxygen atoms in total. The lowest BCUT2D eigenvalue weighted by Gasteiger charge is -2.43. The Morgan fingerprint density at radius 1 is 1.07 bits per heavy atom. The number of rotatable bonds is 3. The average molecular weight is 400 g/mol. The van der Waals surface area contributed by atoms with Gasteiger partial charge in [0.25, 0.3) is 0 Å². The lowest BCUT2D eigenvalue weighted by Crippen LogP contribution is -2.58. The average Bonchev–Trinajstić information content (AvgIpc) is 2.60. The molecule has 1 aliphatic heterocycles. The summed E-state index contributed by atoms with van der Waals surface area (Å²) in [6.45, 7) is 10.9. The predicted molar refractivity (Wildman–Crippen MR) is 111 cm³/mol. The number of carbonyl (C=O) groups excluding carboxylic acids is 2. The van der Waals surface area contributed by atoms with Crippen molar-refractivity contribution in [2.24, 2.45) is 0 Å². The number of halogens is 1. The van der Waals surface area contributed by atoms with Crippen LogP contribution in [0.3, 0.4) is 0 Å². The summed E-state index contributed by atoms with van der Waals surface area (Å²) in [6, 6.07) is 7.76. The fourth-order valence-corrected chi connectivity index (χ4v) is 4.22. The van der Waals surface area contributed by atoms with Crippen molar-refractivity contribution in [3.63, 3.8) is 0 Å². The van der Waals surface area contributed by atoms with Crippen LogP contribution in [0.1, 0.15) is 57.2 Å². The zero-order chi connectivity index (χ0) is 20.9. The van der Waals surface area contributed by atoms with Gasteiger partial charge < -0.3 is 4.74 Å². The molecule has 1 saturated heterocycles. The van der Waals surface area contributed by atoms with Gasteiger partial charge in [-0.25, -0.2) is 4.98 Å². The molecule has 0 saturated carbocycles. The second-order valence-electron chi connectivity index (χ2n) is 8.37. The van der Waals surface area contributed by atoms with Gasteiger partial charge in [-0.15, -0.1) is 0 Å². The number of carbonyl (C=O) groups is 2. The minimum atomic E-state index is -1.03. The molecule has 3 rings (SSSR count). The Kier molecular flexibility index (Phi) is 5.24. The minimum Gasteiger partial charge on any atom is -0.354 e. The fourth-order valence-electron chi connectivity index (χ4n) is 4.01. The summed E-state index contributed by atoms with van der Waals surface area (Å²) in [5, 5.41) is 0.435. The number of Topliss-reactive ketones (excluding diaryl/α,β-unsaturated/α-hetero) is 2. The van der Waals surface area contributed by atoms with Gasteiger partial charge in [0, 0.05) is 11.8 Å². The van der Waals surface area contributed by atoms with Crippen molar-refractivity contribution in [3.8, 4) is 11.1 Å². The maximum absolute atomic E-state index is 13.2. The number of aryl methyl sites for hydroxylation is 2. The van der Waals surface area contributed by atoms with E-state index < -0.39 is 17.1 Å². The first-order valence-electron chi connectivity index (χ1n) is 9.52. The molecule has 0 amide bonds. The molecule has 2 aromatic rings. The summed E-state index contributed by atoms with van der Waals surface area (Å²) in [7, 11) is 0. The molecule has 0 spiro atoms. The molecular weight excluding hydrogens is 374 g/mol. The Bertz CT molecular complexity index is 936. The highest BCUT2D eigenvalue weighted by Crippen LogP contribution is 2.40. The number of hydrogen-bond donors (Lipinski definition) is 0. The first-order chi connectivity index (χ1) is 13.0. The second-order valence-corrected chi connectivity index (χ2v) is 8.76. The summed E-state index contributed by atoms with van der Waals surface area (Å²) in [6.07, 6.45) is 2.45. The van der Waals surface area contributed by atoms with Crippen LogP contribution in [0.25, 0.3) is 11.1 Å². The van der Waals surface area contributed by atoms with Crippen LogP contribution in [0.2, 0.25) is 5.15 Å². The Morgan fingerprint density at radius 3 is 2.21 bits per heavy atom. The SMILES string of the molecule is CCc1ccc(-c2cnc(Cl)cc2C)cc1C1C(=O)C(C)(C)OC(C)(C)C1=O. The van der Waals surface area contributed by atoms with Gasteiger partial charge in [0.1, 0.15) is 22.3 Å². The van der Waals surface area contributed by atoms with Crippen molar-refractivity contribution in [3.05, 3.63) is 52.3 Å². The van der Waals surface area contributed by atoms with Crippen LogP contribution in [0.4, 0.5) is 0 Å². The highest BCUT2D eigenvalue weighted by molar-refractivity contribution is 6.29. The van der Waals surface area contributed by atoms with E-state index in [-0.39, 0.29) is 11.6 Å². The fraction of sp³-hybridized carbons (Fsp3) is 0.435. The summed E-state index contributed by atoms with van der Waals surface area (Å²) in [5.74, 6) is -1.24. The molecule has 28 heavy (non-hydrogen) atoms. The molecule has 0 bridgehead atoms. The number of ketones is 2. The van der Waals surface area contributed by atoms with E-state index in [1.54, 1.807) is 40.0 Å². The largest absolute Gasteiger partial charge is 0.354 e. The smallest absolute Gasteiger partial charge is 0.179 e. The van der Waals surface area contributed by atoms with E-state index in [0.717, 1.165) is 34.2 Å². The van der Waals surface area contributed by atoms with Gasteiger partial charge >= 0.3 is 0 Å².